The normalized spacial score (nSPS) is 25.2. The van der Waals surface area contributed by atoms with Crippen molar-refractivity contribution in [2.75, 3.05) is 26.4 Å². The molecule has 0 aromatic carbocycles. The molecule has 0 amide bonds. The van der Waals surface area contributed by atoms with Crippen LogP contribution in [0.5, 0.6) is 0 Å². The van der Waals surface area contributed by atoms with Gasteiger partial charge in [-0.1, -0.05) is 349 Å². The number of hydrogen-bond acceptors (Lipinski definition) is 24. The highest BCUT2D eigenvalue weighted by molar-refractivity contribution is 7.47. The summed E-state index contributed by atoms with van der Waals surface area (Å²) in [6.07, 6.45) is 27.7. The third-order valence-electron chi connectivity index (χ3n) is 23.7. The van der Waals surface area contributed by atoms with Crippen molar-refractivity contribution in [2.45, 2.75) is 518 Å². The molecule has 0 radical (unpaired) electrons. The van der Waals surface area contributed by atoms with Crippen LogP contribution in [0, 0.1) is 5.92 Å². The highest BCUT2D eigenvalue weighted by Crippen LogP contribution is 2.49. The number of esters is 4. The number of carbonyl (C=O) groups excluding carboxylic acids is 4. The zero-order chi connectivity index (χ0) is 86.2. The second-order valence-corrected chi connectivity index (χ2v) is 35.9. The van der Waals surface area contributed by atoms with E-state index in [1.807, 2.05) is 0 Å². The molecule has 19 unspecified atom stereocenters. The van der Waals surface area contributed by atoms with Gasteiger partial charge in [-0.2, -0.15) is 0 Å². The van der Waals surface area contributed by atoms with Crippen molar-refractivity contribution in [2.24, 2.45) is 5.92 Å². The Kier molecular flexibility index (Phi) is 65.2. The molecule has 1 saturated carbocycles. The van der Waals surface area contributed by atoms with Crippen molar-refractivity contribution in [1.82, 2.24) is 0 Å². The molecule has 694 valence electrons. The molecule has 1 aliphatic carbocycles. The first-order chi connectivity index (χ1) is 57.1. The molecule has 0 aromatic heterocycles. The number of ether oxygens (including phenoxy) is 8. The van der Waals surface area contributed by atoms with E-state index in [1.165, 1.54) is 173 Å². The van der Waals surface area contributed by atoms with Gasteiger partial charge in [0.15, 0.2) is 24.8 Å². The number of unbranched alkanes of at least 4 members (excludes halogenated alkanes) is 47. The van der Waals surface area contributed by atoms with Gasteiger partial charge in [-0.25, -0.2) is 4.57 Å². The molecule has 25 nitrogen and oxygen atoms in total. The third kappa shape index (κ3) is 50.4. The fraction of sp³-hybridized carbons (Fsp3) is 0.935. The van der Waals surface area contributed by atoms with Gasteiger partial charge in [0.25, 0.3) is 0 Å². The summed E-state index contributed by atoms with van der Waals surface area (Å²) in [6.45, 7) is 7.94. The summed E-state index contributed by atoms with van der Waals surface area (Å²) in [5.74, 6) is -2.27. The molecular formula is C92H171O25P. The zero-order valence-electron chi connectivity index (χ0n) is 74.1. The monoisotopic (exact) mass is 1710 g/mol. The molecule has 0 aromatic rings. The summed E-state index contributed by atoms with van der Waals surface area (Å²) < 4.78 is 73.5. The van der Waals surface area contributed by atoms with Gasteiger partial charge < -0.3 is 88.7 Å². The van der Waals surface area contributed by atoms with Crippen LogP contribution in [0.1, 0.15) is 413 Å². The van der Waals surface area contributed by atoms with Crippen molar-refractivity contribution in [3.05, 3.63) is 12.2 Å². The van der Waals surface area contributed by atoms with Crippen LogP contribution in [0.2, 0.25) is 0 Å². The SMILES string of the molecule is CCCCCC/C=C\CCCCCCCCCC(=O)OC(COC(=O)CCCCCCCCC(C)CCCCCCCC)COP(=O)(O)OC1C(OC2OC(CO)C(O)C(O)C2O)C(O)C(O)C(OC(=O)CCCCCCCCCCCCCCCCC)C1OC1OC(COC(=O)CCCCCCCCCCCCCCC)C(O)C(O)C1O. The van der Waals surface area contributed by atoms with E-state index in [0.29, 0.717) is 44.4 Å². The van der Waals surface area contributed by atoms with Crippen molar-refractivity contribution >= 4 is 31.7 Å². The van der Waals surface area contributed by atoms with E-state index in [1.54, 1.807) is 0 Å². The lowest BCUT2D eigenvalue weighted by Crippen LogP contribution is -2.70. The molecule has 2 heterocycles. The van der Waals surface area contributed by atoms with Gasteiger partial charge in [-0.3, -0.25) is 28.2 Å². The van der Waals surface area contributed by atoms with E-state index in [9.17, 15) is 74.6 Å². The Bertz CT molecular complexity index is 2520. The number of rotatable bonds is 77. The van der Waals surface area contributed by atoms with Crippen molar-refractivity contribution in [3.63, 3.8) is 0 Å². The lowest BCUT2D eigenvalue weighted by Gasteiger charge is -2.50. The minimum Gasteiger partial charge on any atom is -0.463 e. The second kappa shape index (κ2) is 70.4. The minimum absolute atomic E-state index is 0.0181. The minimum atomic E-state index is -5.81. The quantitative estimate of drug-likeness (QED) is 0.00889. The lowest BCUT2D eigenvalue weighted by atomic mass is 9.84. The topological polar surface area (TPSA) is 380 Å². The van der Waals surface area contributed by atoms with Gasteiger partial charge in [0.2, 0.25) is 0 Å². The molecule has 19 atom stereocenters. The van der Waals surface area contributed by atoms with Crippen molar-refractivity contribution in [1.29, 1.82) is 0 Å². The van der Waals surface area contributed by atoms with Gasteiger partial charge in [0.1, 0.15) is 92.6 Å². The molecule has 2 aliphatic heterocycles. The number of allylic oxidation sites excluding steroid dienone is 2. The fourth-order valence-corrected chi connectivity index (χ4v) is 16.9. The Morgan fingerprint density at radius 2 is 0.686 bits per heavy atom. The molecule has 26 heteroatoms. The number of aliphatic hydroxyl groups excluding tert-OH is 9. The predicted molar refractivity (Wildman–Crippen MR) is 458 cm³/mol. The summed E-state index contributed by atoms with van der Waals surface area (Å²) in [5, 5.41) is 102. The van der Waals surface area contributed by atoms with Gasteiger partial charge in [0.05, 0.1) is 13.2 Å². The van der Waals surface area contributed by atoms with E-state index >= 15 is 0 Å². The Morgan fingerprint density at radius 1 is 0.356 bits per heavy atom. The van der Waals surface area contributed by atoms with Gasteiger partial charge in [-0.05, 0) is 57.3 Å². The first-order valence-corrected chi connectivity index (χ1v) is 49.3. The first-order valence-electron chi connectivity index (χ1n) is 47.8. The first kappa shape index (κ1) is 109. The molecule has 3 aliphatic rings. The maximum Gasteiger partial charge on any atom is 0.472 e. The standard InChI is InChI=1S/C92H171O25P/c1-6-10-14-18-22-25-28-31-33-36-39-42-45-53-59-65-77(96)111-72(68-108-75(94)63-57-52-48-47-50-56-62-71(5)61-55-49-21-17-13-9-4)69-110-118(106,107)117-90-88(115-91-85(104)81(100)79(98)73(67-93)112-91)84(103)83(102)87(114-78(97)66-60-54-46-43-40-37-34-32-29-26-23-19-15-11-7-2)89(90)116-92-86(105)82(101)80(99)74(113-92)70-109-76(95)64-58-51-44-41-38-35-30-27-24-20-16-12-8-3/h25,28,71-74,79-93,98-105H,6-24,26-27,29-70H2,1-5H3,(H,106,107)/b28-25-. The van der Waals surface area contributed by atoms with E-state index < -0.39 is 162 Å². The van der Waals surface area contributed by atoms with Gasteiger partial charge >= 0.3 is 31.7 Å². The third-order valence-corrected chi connectivity index (χ3v) is 24.7. The number of phosphoric ester groups is 1. The summed E-state index contributed by atoms with van der Waals surface area (Å²) in [6, 6.07) is 0. The lowest BCUT2D eigenvalue weighted by molar-refractivity contribution is -0.360. The Hall–Kier alpha value is -2.79. The van der Waals surface area contributed by atoms with Crippen LogP contribution in [-0.2, 0) is 70.7 Å². The van der Waals surface area contributed by atoms with Crippen molar-refractivity contribution < 1.29 is 122 Å². The maximum absolute atomic E-state index is 14.9. The number of phosphoric acid groups is 1. The Balaban J connectivity index is 1.92. The van der Waals surface area contributed by atoms with Crippen LogP contribution in [-0.4, -0.2) is 205 Å². The largest absolute Gasteiger partial charge is 0.472 e. The fourth-order valence-electron chi connectivity index (χ4n) is 16.0. The summed E-state index contributed by atoms with van der Waals surface area (Å²) in [4.78, 5) is 66.5. The van der Waals surface area contributed by atoms with Gasteiger partial charge in [-0.15, -0.1) is 0 Å². The summed E-state index contributed by atoms with van der Waals surface area (Å²) >= 11 is 0. The average Bonchev–Trinajstić information content (AvgIpc) is 0.753. The van der Waals surface area contributed by atoms with Crippen LogP contribution in [0.15, 0.2) is 12.2 Å². The van der Waals surface area contributed by atoms with Crippen LogP contribution < -0.4 is 0 Å². The molecule has 118 heavy (non-hydrogen) atoms. The second-order valence-electron chi connectivity index (χ2n) is 34.5. The molecule has 2 saturated heterocycles. The Morgan fingerprint density at radius 3 is 1.10 bits per heavy atom. The zero-order valence-corrected chi connectivity index (χ0v) is 75.0. The van der Waals surface area contributed by atoms with E-state index in [4.69, 9.17) is 46.9 Å². The molecule has 3 fully saturated rings. The van der Waals surface area contributed by atoms with E-state index in [-0.39, 0.29) is 25.7 Å². The van der Waals surface area contributed by atoms with E-state index in [0.717, 1.165) is 141 Å². The molecule has 0 bridgehead atoms. The molecule has 3 rings (SSSR count). The summed E-state index contributed by atoms with van der Waals surface area (Å²) in [5.41, 5.74) is 0. The molecule has 0 spiro atoms. The van der Waals surface area contributed by atoms with Crippen LogP contribution >= 0.6 is 7.82 Å². The highest BCUT2D eigenvalue weighted by atomic mass is 31.2. The number of carbonyl (C=O) groups is 4. The average molecular weight is 1710 g/mol. The van der Waals surface area contributed by atoms with Gasteiger partial charge in [0, 0.05) is 25.7 Å². The maximum atomic E-state index is 14.9. The van der Waals surface area contributed by atoms with Crippen molar-refractivity contribution in [3.8, 4) is 0 Å². The summed E-state index contributed by atoms with van der Waals surface area (Å²) in [7, 11) is -5.81. The predicted octanol–water partition coefficient (Wildman–Crippen LogP) is 17.8. The van der Waals surface area contributed by atoms with Crippen LogP contribution in [0.25, 0.3) is 0 Å². The highest BCUT2D eigenvalue weighted by Gasteiger charge is 2.60. The molecular weight excluding hydrogens is 1540 g/mol. The van der Waals surface area contributed by atoms with Crippen LogP contribution in [0.4, 0.5) is 0 Å². The molecule has 10 N–H and O–H groups in total. The van der Waals surface area contributed by atoms with Crippen LogP contribution in [0.3, 0.4) is 0 Å². The number of hydrogen-bond donors (Lipinski definition) is 10. The number of aliphatic hydroxyl groups is 9. The smallest absolute Gasteiger partial charge is 0.463 e. The van der Waals surface area contributed by atoms with E-state index in [2.05, 4.69) is 46.8 Å². The Labute approximate surface area is 712 Å².